The Kier molecular flexibility index (Phi) is 3.95. The average Bonchev–Trinajstić information content (AvgIpc) is 2.41. The second-order valence-electron chi connectivity index (χ2n) is 4.39. The normalized spacial score (nSPS) is 11.1. The zero-order chi connectivity index (χ0) is 15.6. The third-order valence-electron chi connectivity index (χ3n) is 2.84. The number of benzene rings is 2. The van der Waals surface area contributed by atoms with Crippen LogP contribution in [0.3, 0.4) is 0 Å². The van der Waals surface area contributed by atoms with Gasteiger partial charge in [0, 0.05) is 0 Å². The Labute approximate surface area is 121 Å². The zero-order valence-corrected chi connectivity index (χ0v) is 11.8. The molecule has 0 aromatic heterocycles. The summed E-state index contributed by atoms with van der Waals surface area (Å²) in [6, 6.07) is 8.45. The van der Waals surface area contributed by atoms with Gasteiger partial charge in [-0.3, -0.25) is 4.72 Å². The molecule has 0 fully saturated rings. The van der Waals surface area contributed by atoms with Gasteiger partial charge in [0.25, 0.3) is 10.0 Å². The summed E-state index contributed by atoms with van der Waals surface area (Å²) in [4.78, 5) is 10.8. The summed E-state index contributed by atoms with van der Waals surface area (Å²) in [6.45, 7) is 1.59. The van der Waals surface area contributed by atoms with E-state index in [0.717, 1.165) is 24.3 Å². The maximum Gasteiger partial charge on any atom is 0.335 e. The molecule has 0 aliphatic heterocycles. The van der Waals surface area contributed by atoms with Gasteiger partial charge in [0.15, 0.2) is 0 Å². The van der Waals surface area contributed by atoms with Crippen LogP contribution in [0.1, 0.15) is 15.9 Å². The van der Waals surface area contributed by atoms with Gasteiger partial charge in [-0.05, 0) is 55.0 Å². The highest BCUT2D eigenvalue weighted by Crippen LogP contribution is 2.21. The Morgan fingerprint density at radius 3 is 2.29 bits per heavy atom. The minimum Gasteiger partial charge on any atom is -0.478 e. The van der Waals surface area contributed by atoms with E-state index in [4.69, 9.17) is 5.11 Å². The van der Waals surface area contributed by atoms with Crippen molar-refractivity contribution in [2.75, 3.05) is 4.72 Å². The number of hydrogen-bond donors (Lipinski definition) is 2. The molecule has 21 heavy (non-hydrogen) atoms. The number of halogens is 1. The first-order chi connectivity index (χ1) is 9.79. The predicted octanol–water partition coefficient (Wildman–Crippen LogP) is 2.63. The number of aromatic carboxylic acids is 1. The fraction of sp³-hybridized carbons (Fsp3) is 0.0714. The Hall–Kier alpha value is -2.41. The van der Waals surface area contributed by atoms with E-state index < -0.39 is 21.8 Å². The molecule has 2 aromatic carbocycles. The third-order valence-corrected chi connectivity index (χ3v) is 4.22. The van der Waals surface area contributed by atoms with Crippen molar-refractivity contribution in [3.8, 4) is 0 Å². The fourth-order valence-electron chi connectivity index (χ4n) is 1.73. The van der Waals surface area contributed by atoms with E-state index in [1.165, 1.54) is 18.2 Å². The van der Waals surface area contributed by atoms with Crippen LogP contribution in [-0.2, 0) is 10.0 Å². The van der Waals surface area contributed by atoms with Crippen LogP contribution in [0, 0.1) is 12.7 Å². The summed E-state index contributed by atoms with van der Waals surface area (Å²) >= 11 is 0. The van der Waals surface area contributed by atoms with Crippen LogP contribution in [-0.4, -0.2) is 19.5 Å². The minimum absolute atomic E-state index is 0.0669. The Bertz CT molecular complexity index is 785. The van der Waals surface area contributed by atoms with Crippen LogP contribution in [0.4, 0.5) is 10.1 Å². The second-order valence-corrected chi connectivity index (χ2v) is 6.08. The number of anilines is 1. The van der Waals surface area contributed by atoms with Crippen LogP contribution in [0.25, 0.3) is 0 Å². The molecule has 0 heterocycles. The predicted molar refractivity (Wildman–Crippen MR) is 75.3 cm³/mol. The number of sulfonamides is 1. The summed E-state index contributed by atoms with van der Waals surface area (Å²) in [5.41, 5.74) is 0.808. The fourth-order valence-corrected chi connectivity index (χ4v) is 2.86. The van der Waals surface area contributed by atoms with Gasteiger partial charge in [-0.25, -0.2) is 17.6 Å². The molecule has 2 N–H and O–H groups in total. The second kappa shape index (κ2) is 5.53. The van der Waals surface area contributed by atoms with E-state index in [2.05, 4.69) is 4.72 Å². The lowest BCUT2D eigenvalue weighted by Crippen LogP contribution is -2.14. The topological polar surface area (TPSA) is 83.5 Å². The number of carboxylic acids is 1. The quantitative estimate of drug-likeness (QED) is 0.909. The summed E-state index contributed by atoms with van der Waals surface area (Å²) in [7, 11) is -3.85. The molecule has 2 aromatic rings. The molecule has 7 heteroatoms. The van der Waals surface area contributed by atoms with Crippen molar-refractivity contribution in [3.05, 3.63) is 59.4 Å². The molecule has 0 saturated heterocycles. The van der Waals surface area contributed by atoms with Crippen LogP contribution in [0.5, 0.6) is 0 Å². The Morgan fingerprint density at radius 2 is 1.76 bits per heavy atom. The minimum atomic E-state index is -3.85. The zero-order valence-electron chi connectivity index (χ0n) is 11.0. The monoisotopic (exact) mass is 309 g/mol. The maximum absolute atomic E-state index is 12.8. The number of hydrogen-bond acceptors (Lipinski definition) is 3. The number of carbonyl (C=O) groups is 1. The molecule has 110 valence electrons. The van der Waals surface area contributed by atoms with Crippen LogP contribution in [0.2, 0.25) is 0 Å². The molecule has 0 aliphatic rings. The maximum atomic E-state index is 12.8. The van der Waals surface area contributed by atoms with Crippen molar-refractivity contribution in [1.29, 1.82) is 0 Å². The van der Waals surface area contributed by atoms with Gasteiger partial charge >= 0.3 is 5.97 Å². The molecule has 0 unspecified atom stereocenters. The summed E-state index contributed by atoms with van der Waals surface area (Å²) in [5, 5.41) is 8.86. The SMILES string of the molecule is Cc1cc(C(=O)O)ccc1NS(=O)(=O)c1ccc(F)cc1. The van der Waals surface area contributed by atoms with E-state index in [1.54, 1.807) is 6.92 Å². The summed E-state index contributed by atoms with van der Waals surface area (Å²) in [6.07, 6.45) is 0. The molecular formula is C14H12FNO4S. The summed E-state index contributed by atoms with van der Waals surface area (Å²) < 4.78 is 39.4. The van der Waals surface area contributed by atoms with Crippen LogP contribution < -0.4 is 4.72 Å². The first kappa shape index (κ1) is 15.0. The van der Waals surface area contributed by atoms with Crippen molar-refractivity contribution in [1.82, 2.24) is 0 Å². The van der Waals surface area contributed by atoms with E-state index in [-0.39, 0.29) is 16.1 Å². The van der Waals surface area contributed by atoms with Crippen molar-refractivity contribution in [2.24, 2.45) is 0 Å². The molecule has 0 bridgehead atoms. The largest absolute Gasteiger partial charge is 0.478 e. The van der Waals surface area contributed by atoms with Gasteiger partial charge in [0.1, 0.15) is 5.82 Å². The molecule has 0 saturated carbocycles. The standard InChI is InChI=1S/C14H12FNO4S/c1-9-8-10(14(17)18)2-7-13(9)16-21(19,20)12-5-3-11(15)4-6-12/h2-8,16H,1H3,(H,17,18). The first-order valence-corrected chi connectivity index (χ1v) is 7.40. The van der Waals surface area contributed by atoms with Crippen molar-refractivity contribution < 1.29 is 22.7 Å². The van der Waals surface area contributed by atoms with E-state index in [9.17, 15) is 17.6 Å². The smallest absolute Gasteiger partial charge is 0.335 e. The number of nitrogens with one attached hydrogen (secondary N) is 1. The highest BCUT2D eigenvalue weighted by Gasteiger charge is 2.16. The molecular weight excluding hydrogens is 297 g/mol. The van der Waals surface area contributed by atoms with Gasteiger partial charge in [-0.15, -0.1) is 0 Å². The van der Waals surface area contributed by atoms with Crippen LogP contribution >= 0.6 is 0 Å². The first-order valence-electron chi connectivity index (χ1n) is 5.92. The molecule has 0 amide bonds. The van der Waals surface area contributed by atoms with Crippen molar-refractivity contribution >= 4 is 21.7 Å². The van der Waals surface area contributed by atoms with Crippen LogP contribution in [0.15, 0.2) is 47.4 Å². The Morgan fingerprint density at radius 1 is 1.14 bits per heavy atom. The van der Waals surface area contributed by atoms with Gasteiger partial charge < -0.3 is 5.11 Å². The lowest BCUT2D eigenvalue weighted by molar-refractivity contribution is 0.0697. The number of rotatable bonds is 4. The number of aryl methyl sites for hydroxylation is 1. The van der Waals surface area contributed by atoms with Crippen molar-refractivity contribution in [2.45, 2.75) is 11.8 Å². The molecule has 0 aliphatic carbocycles. The summed E-state index contributed by atoms with van der Waals surface area (Å²) in [5.74, 6) is -1.62. The van der Waals surface area contributed by atoms with Gasteiger partial charge in [0.05, 0.1) is 16.1 Å². The molecule has 0 spiro atoms. The van der Waals surface area contributed by atoms with Gasteiger partial charge in [-0.1, -0.05) is 0 Å². The molecule has 5 nitrogen and oxygen atoms in total. The van der Waals surface area contributed by atoms with E-state index in [1.807, 2.05) is 0 Å². The third kappa shape index (κ3) is 3.38. The lowest BCUT2D eigenvalue weighted by atomic mass is 10.1. The van der Waals surface area contributed by atoms with Crippen molar-refractivity contribution in [3.63, 3.8) is 0 Å². The highest BCUT2D eigenvalue weighted by molar-refractivity contribution is 7.92. The average molecular weight is 309 g/mol. The van der Waals surface area contributed by atoms with E-state index >= 15 is 0 Å². The van der Waals surface area contributed by atoms with Gasteiger partial charge in [-0.2, -0.15) is 0 Å². The lowest BCUT2D eigenvalue weighted by Gasteiger charge is -2.11. The Balaban J connectivity index is 2.32. The molecule has 0 radical (unpaired) electrons. The number of carboxylic acid groups (broad SMARTS) is 1. The van der Waals surface area contributed by atoms with E-state index in [0.29, 0.717) is 5.56 Å². The molecule has 0 atom stereocenters. The highest BCUT2D eigenvalue weighted by atomic mass is 32.2. The van der Waals surface area contributed by atoms with Gasteiger partial charge in [0.2, 0.25) is 0 Å². The molecule has 2 rings (SSSR count).